The molecule has 2 aromatic carbocycles. The first-order chi connectivity index (χ1) is 23.5. The van der Waals surface area contributed by atoms with Gasteiger partial charge in [0.25, 0.3) is 5.91 Å². The summed E-state index contributed by atoms with van der Waals surface area (Å²) in [4.78, 5) is 41.6. The van der Waals surface area contributed by atoms with Crippen molar-refractivity contribution < 1.29 is 46.2 Å². The van der Waals surface area contributed by atoms with Gasteiger partial charge < -0.3 is 24.4 Å². The van der Waals surface area contributed by atoms with E-state index in [0.717, 1.165) is 18.2 Å². The fraction of sp³-hybridized carbons (Fsp3) is 0.206. The molecule has 0 aliphatic carbocycles. The van der Waals surface area contributed by atoms with Crippen molar-refractivity contribution in [1.29, 1.82) is 0 Å². The number of nitrogens with one attached hydrogen (secondary N) is 2. The number of cyclic esters (lactones) is 2. The van der Waals surface area contributed by atoms with Crippen LogP contribution in [0.2, 0.25) is 0 Å². The van der Waals surface area contributed by atoms with E-state index < -0.39 is 52.6 Å². The summed E-state index contributed by atoms with van der Waals surface area (Å²) in [6.07, 6.45) is 7.00. The molecule has 1 aliphatic heterocycles. The molecule has 0 radical (unpaired) electrons. The van der Waals surface area contributed by atoms with E-state index in [0.29, 0.717) is 11.4 Å². The number of fused-ring (bicyclic) bond motifs is 1. The maximum absolute atomic E-state index is 15.0. The molecule has 49 heavy (non-hydrogen) atoms. The van der Waals surface area contributed by atoms with Gasteiger partial charge in [-0.3, -0.25) is 9.89 Å². The molecule has 0 fully saturated rings. The highest BCUT2D eigenvalue weighted by atomic mass is 19.2. The number of aromatic nitrogens is 3. The number of likely N-dealkylation sites (N-methyl/N-ethyl adjacent to an activating group) is 1. The van der Waals surface area contributed by atoms with Crippen LogP contribution in [-0.2, 0) is 30.3 Å². The van der Waals surface area contributed by atoms with Crippen molar-refractivity contribution in [3.05, 3.63) is 107 Å². The van der Waals surface area contributed by atoms with E-state index >= 15 is 0 Å². The number of ether oxygens (including phenoxy) is 3. The van der Waals surface area contributed by atoms with Crippen LogP contribution in [0.15, 0.2) is 72.3 Å². The van der Waals surface area contributed by atoms with Crippen molar-refractivity contribution in [2.45, 2.75) is 12.8 Å². The standard InChI is InChI=1S/C34H29F4N5O6/c1-43(2)34(46)32-25(48-27(44)11-12-28(45)49-32)18-39-13-14-47-26-10-7-19(17-40-26)5-3-4-6-21-16-23(35)29(31(37)30(21)36)20-8-9-24-22(15-20)33(38)42-41-24/h3,5,7-12,15-17,39H,4,6,13-14,18H2,1-2H3,(H,41,42)/b5-3-,12-11-,32-25+. The van der Waals surface area contributed by atoms with E-state index in [1.54, 1.807) is 24.3 Å². The normalized spacial score (nSPS) is 15.6. The number of esters is 2. The number of H-pyrrole nitrogens is 1. The largest absolute Gasteiger partial charge is 0.476 e. The molecule has 4 aromatic rings. The van der Waals surface area contributed by atoms with Crippen molar-refractivity contribution in [2.24, 2.45) is 0 Å². The van der Waals surface area contributed by atoms with Crippen molar-refractivity contribution >= 4 is 34.8 Å². The smallest absolute Gasteiger partial charge is 0.336 e. The molecule has 0 saturated carbocycles. The maximum atomic E-state index is 15.0. The lowest BCUT2D eigenvalue weighted by Gasteiger charge is -2.18. The average Bonchev–Trinajstić information content (AvgIpc) is 3.45. The van der Waals surface area contributed by atoms with Gasteiger partial charge in [-0.25, -0.2) is 27.7 Å². The number of carbonyl (C=O) groups excluding carboxylic acids is 3. The van der Waals surface area contributed by atoms with Crippen LogP contribution in [-0.4, -0.2) is 71.7 Å². The van der Waals surface area contributed by atoms with Crippen molar-refractivity contribution in [3.63, 3.8) is 0 Å². The Morgan fingerprint density at radius 2 is 1.80 bits per heavy atom. The van der Waals surface area contributed by atoms with Crippen LogP contribution in [0.1, 0.15) is 17.5 Å². The van der Waals surface area contributed by atoms with Gasteiger partial charge in [0, 0.05) is 45.1 Å². The summed E-state index contributed by atoms with van der Waals surface area (Å²) in [5.41, 5.74) is 0.221. The Kier molecular flexibility index (Phi) is 10.8. The Morgan fingerprint density at radius 3 is 2.53 bits per heavy atom. The SMILES string of the molecule is CN(C)C(=O)/C1=C(/CNCCOc2ccc(/C=C\CCc3cc(F)c(-c4ccc5n[nH]c(F)c5c4)c(F)c3F)cn2)OC(=O)/C=C\C(=O)O1. The molecule has 3 heterocycles. The fourth-order valence-corrected chi connectivity index (χ4v) is 4.70. The zero-order valence-corrected chi connectivity index (χ0v) is 26.2. The number of pyridine rings is 1. The maximum Gasteiger partial charge on any atom is 0.336 e. The number of benzene rings is 2. The lowest BCUT2D eigenvalue weighted by molar-refractivity contribution is -0.144. The third kappa shape index (κ3) is 8.37. The first-order valence-electron chi connectivity index (χ1n) is 14.8. The minimum absolute atomic E-state index is 0.0157. The van der Waals surface area contributed by atoms with Gasteiger partial charge in [-0.05, 0) is 53.8 Å². The first-order valence-corrected chi connectivity index (χ1v) is 14.8. The van der Waals surface area contributed by atoms with Crippen molar-refractivity contribution in [3.8, 4) is 17.0 Å². The van der Waals surface area contributed by atoms with Gasteiger partial charge in [-0.1, -0.05) is 18.2 Å². The Morgan fingerprint density at radius 1 is 1.02 bits per heavy atom. The van der Waals surface area contributed by atoms with E-state index in [4.69, 9.17) is 14.2 Å². The molecule has 0 unspecified atom stereocenters. The zero-order valence-electron chi connectivity index (χ0n) is 26.2. The summed E-state index contributed by atoms with van der Waals surface area (Å²) in [7, 11) is 2.91. The van der Waals surface area contributed by atoms with Crippen LogP contribution >= 0.6 is 0 Å². The molecule has 0 atom stereocenters. The summed E-state index contributed by atoms with van der Waals surface area (Å²) in [6.45, 7) is 0.278. The minimum Gasteiger partial charge on any atom is -0.476 e. The predicted molar refractivity (Wildman–Crippen MR) is 168 cm³/mol. The number of hydrogen-bond donors (Lipinski definition) is 2. The number of aromatic amines is 1. The van der Waals surface area contributed by atoms with Crippen molar-refractivity contribution in [2.75, 3.05) is 33.8 Å². The number of nitrogens with zero attached hydrogens (tertiary/aromatic N) is 3. The number of amides is 1. The summed E-state index contributed by atoms with van der Waals surface area (Å²) < 4.78 is 74.5. The van der Waals surface area contributed by atoms with Gasteiger partial charge >= 0.3 is 11.9 Å². The van der Waals surface area contributed by atoms with E-state index in [9.17, 15) is 31.9 Å². The summed E-state index contributed by atoms with van der Waals surface area (Å²) in [6, 6.07) is 8.22. The second kappa shape index (κ2) is 15.4. The van der Waals surface area contributed by atoms with Crippen LogP contribution in [0.25, 0.3) is 28.1 Å². The number of allylic oxidation sites excluding steroid dienone is 1. The molecule has 5 rings (SSSR count). The van der Waals surface area contributed by atoms with Gasteiger partial charge in [0.15, 0.2) is 17.4 Å². The fourth-order valence-electron chi connectivity index (χ4n) is 4.70. The van der Waals surface area contributed by atoms with Gasteiger partial charge in [0.1, 0.15) is 12.4 Å². The number of rotatable bonds is 12. The van der Waals surface area contributed by atoms with E-state index in [-0.39, 0.29) is 60.3 Å². The quantitative estimate of drug-likeness (QED) is 0.0942. The second-order valence-corrected chi connectivity index (χ2v) is 10.8. The van der Waals surface area contributed by atoms with E-state index in [2.05, 4.69) is 20.5 Å². The van der Waals surface area contributed by atoms with E-state index in [1.807, 2.05) is 0 Å². The van der Waals surface area contributed by atoms with Crippen LogP contribution in [0, 0.1) is 23.4 Å². The monoisotopic (exact) mass is 679 g/mol. The zero-order chi connectivity index (χ0) is 35.1. The molecule has 0 saturated heterocycles. The topological polar surface area (TPSA) is 136 Å². The van der Waals surface area contributed by atoms with Crippen LogP contribution in [0.4, 0.5) is 17.6 Å². The molecular formula is C34H29F4N5O6. The molecule has 2 aromatic heterocycles. The molecule has 11 nitrogen and oxygen atoms in total. The van der Waals surface area contributed by atoms with Gasteiger partial charge in [-0.2, -0.15) is 9.49 Å². The molecule has 1 aliphatic rings. The van der Waals surface area contributed by atoms with Gasteiger partial charge in [0.05, 0.1) is 23.0 Å². The van der Waals surface area contributed by atoms with Crippen LogP contribution in [0.5, 0.6) is 5.88 Å². The lowest BCUT2D eigenvalue weighted by Crippen LogP contribution is -2.32. The highest BCUT2D eigenvalue weighted by Crippen LogP contribution is 2.32. The summed E-state index contributed by atoms with van der Waals surface area (Å²) in [5, 5.41) is 8.86. The number of hydrogen-bond acceptors (Lipinski definition) is 9. The highest BCUT2D eigenvalue weighted by molar-refractivity contribution is 5.99. The summed E-state index contributed by atoms with van der Waals surface area (Å²) in [5.74, 6) is -6.92. The number of halogens is 4. The predicted octanol–water partition coefficient (Wildman–Crippen LogP) is 4.75. The minimum atomic E-state index is -1.36. The first kappa shape index (κ1) is 34.5. The van der Waals surface area contributed by atoms with Gasteiger partial charge in [0.2, 0.25) is 17.6 Å². The highest BCUT2D eigenvalue weighted by Gasteiger charge is 2.26. The molecule has 0 bridgehead atoms. The Balaban J connectivity index is 1.11. The third-order valence-electron chi connectivity index (χ3n) is 7.13. The number of aryl methyl sites for hydroxylation is 1. The van der Waals surface area contributed by atoms with E-state index in [1.165, 1.54) is 43.4 Å². The Bertz CT molecular complexity index is 1990. The molecule has 254 valence electrons. The summed E-state index contributed by atoms with van der Waals surface area (Å²) >= 11 is 0. The molecule has 1 amide bonds. The Labute approximate surface area is 276 Å². The van der Waals surface area contributed by atoms with Crippen LogP contribution < -0.4 is 10.1 Å². The third-order valence-corrected chi connectivity index (χ3v) is 7.13. The lowest BCUT2D eigenvalue weighted by atomic mass is 9.98. The molecular weight excluding hydrogens is 650 g/mol. The molecule has 2 N–H and O–H groups in total. The average molecular weight is 680 g/mol. The van der Waals surface area contributed by atoms with Crippen molar-refractivity contribution in [1.82, 2.24) is 25.4 Å². The molecule has 0 spiro atoms. The van der Waals surface area contributed by atoms with Crippen LogP contribution in [0.3, 0.4) is 0 Å². The second-order valence-electron chi connectivity index (χ2n) is 10.8. The number of carbonyl (C=O) groups is 3. The van der Waals surface area contributed by atoms with Gasteiger partial charge in [-0.15, -0.1) is 0 Å². The molecule has 15 heteroatoms. The Hall–Kier alpha value is -5.83.